The lowest BCUT2D eigenvalue weighted by Gasteiger charge is -2.19. The zero-order chi connectivity index (χ0) is 10.3. The first-order valence-electron chi connectivity index (χ1n) is 4.94. The molecule has 0 aromatic carbocycles. The maximum Gasteiger partial charge on any atom is 0.0652 e. The van der Waals surface area contributed by atoms with Gasteiger partial charge in [-0.2, -0.15) is 5.10 Å². The van der Waals surface area contributed by atoms with Crippen molar-refractivity contribution in [2.24, 2.45) is 0 Å². The second-order valence-electron chi connectivity index (χ2n) is 4.79. The lowest BCUT2D eigenvalue weighted by atomic mass is 9.90. The molecule has 0 spiro atoms. The smallest absolute Gasteiger partial charge is 0.0652 e. The van der Waals surface area contributed by atoms with Crippen LogP contribution in [0, 0.1) is 6.92 Å². The summed E-state index contributed by atoms with van der Waals surface area (Å²) in [6, 6.07) is 6.25. The molecule has 0 bridgehead atoms. The van der Waals surface area contributed by atoms with Crippen LogP contribution in [0.4, 0.5) is 0 Å². The van der Waals surface area contributed by atoms with Crippen molar-refractivity contribution in [2.45, 2.75) is 33.1 Å². The minimum absolute atomic E-state index is 0.144. The van der Waals surface area contributed by atoms with Gasteiger partial charge in [0, 0.05) is 11.6 Å². The zero-order valence-electron chi connectivity index (χ0n) is 9.20. The molecule has 0 N–H and O–H groups in total. The van der Waals surface area contributed by atoms with Gasteiger partial charge in [0.05, 0.1) is 11.2 Å². The summed E-state index contributed by atoms with van der Waals surface area (Å²) in [6.45, 7) is 8.80. The molecule has 0 aliphatic rings. The second-order valence-corrected chi connectivity index (χ2v) is 4.79. The molecule has 2 rings (SSSR count). The summed E-state index contributed by atoms with van der Waals surface area (Å²) in [4.78, 5) is 0. The topological polar surface area (TPSA) is 17.3 Å². The minimum Gasteiger partial charge on any atom is -0.237 e. The molecule has 0 aliphatic heterocycles. The van der Waals surface area contributed by atoms with Gasteiger partial charge in [-0.3, -0.25) is 0 Å². The van der Waals surface area contributed by atoms with Gasteiger partial charge in [-0.25, -0.2) is 4.52 Å². The maximum atomic E-state index is 4.39. The fourth-order valence-corrected chi connectivity index (χ4v) is 2.05. The third-order valence-corrected chi connectivity index (χ3v) is 2.44. The monoisotopic (exact) mass is 188 g/mol. The van der Waals surface area contributed by atoms with Crippen LogP contribution in [-0.2, 0) is 5.41 Å². The highest BCUT2D eigenvalue weighted by Gasteiger charge is 2.21. The minimum atomic E-state index is 0.144. The molecule has 0 saturated heterocycles. The van der Waals surface area contributed by atoms with E-state index in [2.05, 4.69) is 44.9 Å². The Kier molecular flexibility index (Phi) is 1.88. The van der Waals surface area contributed by atoms with Gasteiger partial charge in [0.2, 0.25) is 0 Å². The van der Waals surface area contributed by atoms with E-state index in [0.29, 0.717) is 0 Å². The molecule has 0 amide bonds. The van der Waals surface area contributed by atoms with Crippen molar-refractivity contribution < 1.29 is 0 Å². The molecule has 74 valence electrons. The summed E-state index contributed by atoms with van der Waals surface area (Å²) >= 11 is 0. The van der Waals surface area contributed by atoms with Crippen molar-refractivity contribution in [1.29, 1.82) is 0 Å². The zero-order valence-corrected chi connectivity index (χ0v) is 9.20. The molecule has 2 aromatic rings. The molecule has 2 nitrogen and oxygen atoms in total. The van der Waals surface area contributed by atoms with Crippen molar-refractivity contribution >= 4 is 5.52 Å². The van der Waals surface area contributed by atoms with Gasteiger partial charge in [-0.05, 0) is 30.7 Å². The molecule has 2 heteroatoms. The Labute approximate surface area is 84.6 Å². The summed E-state index contributed by atoms with van der Waals surface area (Å²) in [5.74, 6) is 0. The molecule has 14 heavy (non-hydrogen) atoms. The summed E-state index contributed by atoms with van der Waals surface area (Å²) < 4.78 is 2.04. The van der Waals surface area contributed by atoms with Gasteiger partial charge < -0.3 is 0 Å². The first-order chi connectivity index (χ1) is 6.50. The van der Waals surface area contributed by atoms with E-state index in [-0.39, 0.29) is 5.41 Å². The van der Waals surface area contributed by atoms with Gasteiger partial charge in [0.25, 0.3) is 0 Å². The van der Waals surface area contributed by atoms with Crippen LogP contribution in [0.3, 0.4) is 0 Å². The highest BCUT2D eigenvalue weighted by atomic mass is 15.2. The van der Waals surface area contributed by atoms with Crippen molar-refractivity contribution in [3.63, 3.8) is 0 Å². The molecule has 0 saturated carbocycles. The third kappa shape index (κ3) is 1.31. The van der Waals surface area contributed by atoms with E-state index in [1.54, 1.807) is 0 Å². The Balaban J connectivity index is 2.81. The fourth-order valence-electron chi connectivity index (χ4n) is 2.05. The van der Waals surface area contributed by atoms with Gasteiger partial charge in [-0.1, -0.05) is 20.8 Å². The van der Waals surface area contributed by atoms with Crippen LogP contribution >= 0.6 is 0 Å². The molecule has 2 aromatic heterocycles. The Morgan fingerprint density at radius 3 is 2.64 bits per heavy atom. The van der Waals surface area contributed by atoms with Crippen molar-refractivity contribution in [1.82, 2.24) is 9.61 Å². The van der Waals surface area contributed by atoms with Crippen LogP contribution in [0.25, 0.3) is 5.52 Å². The number of aryl methyl sites for hydroxylation is 1. The predicted octanol–water partition coefficient (Wildman–Crippen LogP) is 2.94. The summed E-state index contributed by atoms with van der Waals surface area (Å²) in [5.41, 5.74) is 3.93. The Bertz CT molecular complexity index is 461. The summed E-state index contributed by atoms with van der Waals surface area (Å²) in [7, 11) is 0. The lowest BCUT2D eigenvalue weighted by molar-refractivity contribution is 0.547. The fraction of sp³-hybridized carbons (Fsp3) is 0.417. The van der Waals surface area contributed by atoms with E-state index < -0.39 is 0 Å². The Morgan fingerprint density at radius 2 is 2.00 bits per heavy atom. The van der Waals surface area contributed by atoms with Crippen LogP contribution in [0.15, 0.2) is 24.4 Å². The Hall–Kier alpha value is -1.31. The molecule has 0 fully saturated rings. The van der Waals surface area contributed by atoms with Crippen LogP contribution in [0.5, 0.6) is 0 Å². The second kappa shape index (κ2) is 2.84. The van der Waals surface area contributed by atoms with Gasteiger partial charge >= 0.3 is 0 Å². The molecule has 2 heterocycles. The number of hydrogen-bond donors (Lipinski definition) is 0. The Morgan fingerprint density at radius 1 is 1.29 bits per heavy atom. The van der Waals surface area contributed by atoms with Gasteiger partial charge in [0.1, 0.15) is 0 Å². The molecule has 0 unspecified atom stereocenters. The van der Waals surface area contributed by atoms with E-state index in [1.165, 1.54) is 16.8 Å². The average molecular weight is 188 g/mol. The van der Waals surface area contributed by atoms with E-state index in [1.807, 2.05) is 16.8 Å². The van der Waals surface area contributed by atoms with Gasteiger partial charge in [-0.15, -0.1) is 0 Å². The van der Waals surface area contributed by atoms with E-state index in [9.17, 15) is 0 Å². The first kappa shape index (κ1) is 9.25. The SMILES string of the molecule is Cc1cc2cccnn2c1C(C)(C)C. The summed E-state index contributed by atoms with van der Waals surface area (Å²) in [5, 5.41) is 4.39. The van der Waals surface area contributed by atoms with Gasteiger partial charge in [0.15, 0.2) is 0 Å². The number of aromatic nitrogens is 2. The van der Waals surface area contributed by atoms with Crippen molar-refractivity contribution in [3.8, 4) is 0 Å². The number of fused-ring (bicyclic) bond motifs is 1. The number of hydrogen-bond acceptors (Lipinski definition) is 1. The number of rotatable bonds is 0. The molecular weight excluding hydrogens is 172 g/mol. The number of nitrogens with zero attached hydrogens (tertiary/aromatic N) is 2. The predicted molar refractivity (Wildman–Crippen MR) is 58.6 cm³/mol. The maximum absolute atomic E-state index is 4.39. The van der Waals surface area contributed by atoms with E-state index >= 15 is 0 Å². The van der Waals surface area contributed by atoms with Crippen LogP contribution < -0.4 is 0 Å². The third-order valence-electron chi connectivity index (χ3n) is 2.44. The average Bonchev–Trinajstić information content (AvgIpc) is 2.38. The molecule has 0 atom stereocenters. The normalized spacial score (nSPS) is 12.3. The van der Waals surface area contributed by atoms with Crippen molar-refractivity contribution in [3.05, 3.63) is 35.7 Å². The largest absolute Gasteiger partial charge is 0.237 e. The van der Waals surface area contributed by atoms with Crippen molar-refractivity contribution in [2.75, 3.05) is 0 Å². The molecular formula is C12H16N2. The van der Waals surface area contributed by atoms with E-state index in [4.69, 9.17) is 0 Å². The molecule has 0 aliphatic carbocycles. The van der Waals surface area contributed by atoms with E-state index in [0.717, 1.165) is 0 Å². The quantitative estimate of drug-likeness (QED) is 0.621. The summed E-state index contributed by atoms with van der Waals surface area (Å²) in [6.07, 6.45) is 1.84. The first-order valence-corrected chi connectivity index (χ1v) is 4.94. The molecule has 0 radical (unpaired) electrons. The van der Waals surface area contributed by atoms with Crippen LogP contribution in [0.1, 0.15) is 32.0 Å². The highest BCUT2D eigenvalue weighted by molar-refractivity contribution is 5.52. The highest BCUT2D eigenvalue weighted by Crippen LogP contribution is 2.27. The van der Waals surface area contributed by atoms with Crippen LogP contribution in [0.2, 0.25) is 0 Å². The van der Waals surface area contributed by atoms with Crippen LogP contribution in [-0.4, -0.2) is 9.61 Å². The standard InChI is InChI=1S/C12H16N2/c1-9-8-10-6-5-7-13-14(10)11(9)12(2,3)4/h5-8H,1-4H3. The lowest BCUT2D eigenvalue weighted by Crippen LogP contribution is -2.16.